The summed E-state index contributed by atoms with van der Waals surface area (Å²) in [5, 5.41) is 4.58. The van der Waals surface area contributed by atoms with E-state index in [0.29, 0.717) is 47.0 Å². The van der Waals surface area contributed by atoms with Crippen LogP contribution in [0.25, 0.3) is 21.6 Å². The Kier molecular flexibility index (Phi) is 4.12. The number of H-pyrrole nitrogens is 1. The number of fused-ring (bicyclic) bond motifs is 3. The van der Waals surface area contributed by atoms with Crippen molar-refractivity contribution in [3.05, 3.63) is 32.2 Å². The lowest BCUT2D eigenvalue weighted by molar-refractivity contribution is -0.142. The predicted molar refractivity (Wildman–Crippen MR) is 96.2 cm³/mol. The van der Waals surface area contributed by atoms with Crippen LogP contribution in [0, 0.1) is 13.8 Å². The number of ether oxygens (including phenoxy) is 1. The normalized spacial score (nSPS) is 14.6. The van der Waals surface area contributed by atoms with E-state index in [0.717, 1.165) is 16.0 Å². The molecule has 0 aliphatic carbocycles. The first-order valence-corrected chi connectivity index (χ1v) is 9.06. The minimum Gasteiger partial charge on any atom is -0.468 e. The molecule has 0 saturated carbocycles. The lowest BCUT2D eigenvalue weighted by Crippen LogP contribution is -2.34. The molecule has 0 radical (unpaired) electrons. The number of carbonyl (C=O) groups is 1. The minimum absolute atomic E-state index is 0.149. The molecule has 26 heavy (non-hydrogen) atoms. The van der Waals surface area contributed by atoms with E-state index in [2.05, 4.69) is 15.1 Å². The Morgan fingerprint density at radius 1 is 1.42 bits per heavy atom. The number of aromatic amines is 1. The van der Waals surface area contributed by atoms with Gasteiger partial charge in [-0.25, -0.2) is 4.98 Å². The highest BCUT2D eigenvalue weighted by molar-refractivity contribution is 7.18. The number of hydrogen-bond acceptors (Lipinski definition) is 8. The maximum absolute atomic E-state index is 12.7. The van der Waals surface area contributed by atoms with E-state index in [-0.39, 0.29) is 18.1 Å². The number of hydrogen-bond donors (Lipinski definition) is 1. The molecule has 3 aromatic rings. The van der Waals surface area contributed by atoms with E-state index in [1.807, 2.05) is 11.8 Å². The number of nitrogens with one attached hydrogen (secondary N) is 1. The number of aromatic nitrogens is 3. The molecule has 0 aromatic carbocycles. The fourth-order valence-corrected chi connectivity index (χ4v) is 4.64. The molecule has 0 atom stereocenters. The van der Waals surface area contributed by atoms with Crippen molar-refractivity contribution in [1.82, 2.24) is 20.0 Å². The number of methoxy groups -OCH3 is 1. The van der Waals surface area contributed by atoms with Crippen molar-refractivity contribution >= 4 is 27.5 Å². The molecule has 0 unspecified atom stereocenters. The van der Waals surface area contributed by atoms with Crippen LogP contribution in [0.4, 0.5) is 0 Å². The highest BCUT2D eigenvalue weighted by Gasteiger charge is 2.25. The van der Waals surface area contributed by atoms with Gasteiger partial charge < -0.3 is 14.2 Å². The topological polar surface area (TPSA) is 101 Å². The largest absolute Gasteiger partial charge is 0.468 e. The number of carbonyl (C=O) groups excluding carboxylic acids is 1. The van der Waals surface area contributed by atoms with E-state index in [9.17, 15) is 9.59 Å². The summed E-state index contributed by atoms with van der Waals surface area (Å²) in [4.78, 5) is 35.6. The Labute approximate surface area is 152 Å². The number of aryl methyl sites for hydroxylation is 2. The van der Waals surface area contributed by atoms with E-state index in [1.165, 1.54) is 18.4 Å². The van der Waals surface area contributed by atoms with Crippen molar-refractivity contribution in [2.24, 2.45) is 0 Å². The number of rotatable bonds is 3. The van der Waals surface area contributed by atoms with Crippen molar-refractivity contribution in [1.29, 1.82) is 0 Å². The zero-order valence-electron chi connectivity index (χ0n) is 14.7. The number of thiophene rings is 1. The van der Waals surface area contributed by atoms with Gasteiger partial charge in [0.25, 0.3) is 5.56 Å². The van der Waals surface area contributed by atoms with E-state index in [4.69, 9.17) is 9.26 Å². The van der Waals surface area contributed by atoms with Crippen molar-refractivity contribution < 1.29 is 14.1 Å². The molecule has 1 N–H and O–H groups in total. The SMILES string of the molecule is COC(=O)CN1CCc2c(sc3nc(-c4c(C)noc4C)[nH]c(=O)c23)C1. The lowest BCUT2D eigenvalue weighted by Gasteiger charge is -2.25. The third-order valence-corrected chi connectivity index (χ3v) is 5.75. The monoisotopic (exact) mass is 374 g/mol. The summed E-state index contributed by atoms with van der Waals surface area (Å²) >= 11 is 1.50. The van der Waals surface area contributed by atoms with Crippen LogP contribution in [-0.4, -0.2) is 46.2 Å². The summed E-state index contributed by atoms with van der Waals surface area (Å²) in [7, 11) is 1.39. The quantitative estimate of drug-likeness (QED) is 0.697. The minimum atomic E-state index is -0.258. The third-order valence-electron chi connectivity index (χ3n) is 4.64. The number of nitrogens with zero attached hydrogens (tertiary/aromatic N) is 3. The molecule has 136 valence electrons. The molecule has 8 nitrogen and oxygen atoms in total. The Morgan fingerprint density at radius 3 is 2.92 bits per heavy atom. The van der Waals surface area contributed by atoms with E-state index < -0.39 is 0 Å². The molecule has 0 saturated heterocycles. The highest BCUT2D eigenvalue weighted by atomic mass is 32.1. The van der Waals surface area contributed by atoms with Gasteiger partial charge in [0.05, 0.1) is 30.3 Å². The van der Waals surface area contributed by atoms with Gasteiger partial charge in [-0.2, -0.15) is 0 Å². The lowest BCUT2D eigenvalue weighted by atomic mass is 10.1. The standard InChI is InChI=1S/C17H18N4O4S/c1-8-13(9(2)25-20-8)15-18-16(23)14-10-4-5-21(7-12(22)24-3)6-11(10)26-17(14)19-15/h4-7H2,1-3H3,(H,18,19,23). The fraction of sp³-hybridized carbons (Fsp3) is 0.412. The van der Waals surface area contributed by atoms with Gasteiger partial charge in [-0.1, -0.05) is 5.16 Å². The zero-order valence-corrected chi connectivity index (χ0v) is 15.5. The number of esters is 1. The first-order chi connectivity index (χ1) is 12.5. The summed E-state index contributed by atoms with van der Waals surface area (Å²) in [5.41, 5.74) is 2.30. The summed E-state index contributed by atoms with van der Waals surface area (Å²) in [6, 6.07) is 0. The molecule has 0 fully saturated rings. The van der Waals surface area contributed by atoms with Gasteiger partial charge in [-0.3, -0.25) is 14.5 Å². The van der Waals surface area contributed by atoms with Crippen LogP contribution in [0.1, 0.15) is 21.9 Å². The average molecular weight is 374 g/mol. The maximum Gasteiger partial charge on any atom is 0.319 e. The Hall–Kier alpha value is -2.52. The van der Waals surface area contributed by atoms with Crippen LogP contribution >= 0.6 is 11.3 Å². The van der Waals surface area contributed by atoms with Gasteiger partial charge in [0.2, 0.25) is 0 Å². The van der Waals surface area contributed by atoms with Crippen molar-refractivity contribution in [2.45, 2.75) is 26.8 Å². The second-order valence-corrected chi connectivity index (χ2v) is 7.42. The molecule has 0 amide bonds. The summed E-state index contributed by atoms with van der Waals surface area (Å²) in [6.07, 6.45) is 0.710. The second-order valence-electron chi connectivity index (χ2n) is 6.33. The van der Waals surface area contributed by atoms with Crippen LogP contribution in [-0.2, 0) is 22.5 Å². The van der Waals surface area contributed by atoms with E-state index >= 15 is 0 Å². The van der Waals surface area contributed by atoms with Gasteiger partial charge in [0, 0.05) is 18.0 Å². The van der Waals surface area contributed by atoms with Crippen molar-refractivity contribution in [3.8, 4) is 11.4 Å². The molecular formula is C17H18N4O4S. The highest BCUT2D eigenvalue weighted by Crippen LogP contribution is 2.33. The van der Waals surface area contributed by atoms with E-state index in [1.54, 1.807) is 6.92 Å². The van der Waals surface area contributed by atoms with Gasteiger partial charge in [0.15, 0.2) is 0 Å². The first-order valence-electron chi connectivity index (χ1n) is 8.25. The smallest absolute Gasteiger partial charge is 0.319 e. The van der Waals surface area contributed by atoms with Gasteiger partial charge in [-0.15, -0.1) is 11.3 Å². The zero-order chi connectivity index (χ0) is 18.4. The Morgan fingerprint density at radius 2 is 2.23 bits per heavy atom. The molecular weight excluding hydrogens is 356 g/mol. The molecule has 4 rings (SSSR count). The molecule has 1 aliphatic rings. The molecule has 0 spiro atoms. The van der Waals surface area contributed by atoms with Crippen LogP contribution in [0.15, 0.2) is 9.32 Å². The van der Waals surface area contributed by atoms with Crippen molar-refractivity contribution in [2.75, 3.05) is 20.2 Å². The second kappa shape index (κ2) is 6.33. The van der Waals surface area contributed by atoms with Crippen LogP contribution in [0.5, 0.6) is 0 Å². The average Bonchev–Trinajstić information content (AvgIpc) is 3.13. The van der Waals surface area contributed by atoms with Crippen molar-refractivity contribution in [3.63, 3.8) is 0 Å². The van der Waals surface area contributed by atoms with Crippen LogP contribution < -0.4 is 5.56 Å². The predicted octanol–water partition coefficient (Wildman–Crippen LogP) is 1.79. The van der Waals surface area contributed by atoms with Gasteiger partial charge >= 0.3 is 5.97 Å². The van der Waals surface area contributed by atoms with Crippen LogP contribution in [0.3, 0.4) is 0 Å². The third kappa shape index (κ3) is 2.73. The molecule has 0 bridgehead atoms. The Bertz CT molecular complexity index is 1050. The maximum atomic E-state index is 12.7. The first kappa shape index (κ1) is 16.9. The summed E-state index contributed by atoms with van der Waals surface area (Å²) in [5.74, 6) is 0.838. The van der Waals surface area contributed by atoms with Gasteiger partial charge in [-0.05, 0) is 25.8 Å². The summed E-state index contributed by atoms with van der Waals surface area (Å²) < 4.78 is 9.92. The summed E-state index contributed by atoms with van der Waals surface area (Å²) in [6.45, 7) is 5.19. The molecule has 9 heteroatoms. The molecule has 3 aromatic heterocycles. The molecule has 1 aliphatic heterocycles. The van der Waals surface area contributed by atoms with Gasteiger partial charge in [0.1, 0.15) is 16.4 Å². The Balaban J connectivity index is 1.76. The molecule has 4 heterocycles. The fourth-order valence-electron chi connectivity index (χ4n) is 3.38. The van der Waals surface area contributed by atoms with Crippen LogP contribution in [0.2, 0.25) is 0 Å².